The molecule has 17 heavy (non-hydrogen) atoms. The minimum absolute atomic E-state index is 0.0284. The Morgan fingerprint density at radius 1 is 1.29 bits per heavy atom. The number of rotatable bonds is 4. The molecule has 2 nitrogen and oxygen atoms in total. The first kappa shape index (κ1) is 14.3. The predicted molar refractivity (Wildman–Crippen MR) is 60.8 cm³/mol. The lowest BCUT2D eigenvalue weighted by Crippen LogP contribution is -2.19. The van der Waals surface area contributed by atoms with E-state index < -0.39 is 11.7 Å². The van der Waals surface area contributed by atoms with Crippen LogP contribution in [0, 0.1) is 5.41 Å². The lowest BCUT2D eigenvalue weighted by Gasteiger charge is -2.20. The molecule has 0 atom stereocenters. The Balaban J connectivity index is 2.64. The quantitative estimate of drug-likeness (QED) is 0.849. The maximum Gasteiger partial charge on any atom is 0.417 e. The van der Waals surface area contributed by atoms with Crippen molar-refractivity contribution in [2.75, 3.05) is 12.4 Å². The number of hydrogen-bond acceptors (Lipinski definition) is 3. The normalized spacial score (nSPS) is 12.8. The van der Waals surface area contributed by atoms with Gasteiger partial charge in [0, 0.05) is 18.6 Å². The molecule has 1 heterocycles. The number of aromatic nitrogens is 1. The van der Waals surface area contributed by atoms with Gasteiger partial charge in [0.15, 0.2) is 0 Å². The Bertz CT molecular complexity index is 362. The van der Waals surface area contributed by atoms with Gasteiger partial charge in [-0.1, -0.05) is 13.8 Å². The van der Waals surface area contributed by atoms with Crippen LogP contribution in [0.1, 0.15) is 19.4 Å². The Labute approximate surface area is 102 Å². The van der Waals surface area contributed by atoms with E-state index >= 15 is 0 Å². The Hall–Kier alpha value is -0.750. The van der Waals surface area contributed by atoms with Crippen LogP contribution in [-0.2, 0) is 6.18 Å². The summed E-state index contributed by atoms with van der Waals surface area (Å²) in [6.07, 6.45) is -3.52. The topological polar surface area (TPSA) is 33.1 Å². The van der Waals surface area contributed by atoms with Crippen molar-refractivity contribution in [3.05, 3.63) is 23.9 Å². The molecular weight excluding hydrogens is 251 g/mol. The number of aliphatic hydroxyl groups is 1. The number of pyridine rings is 1. The Morgan fingerprint density at radius 3 is 2.35 bits per heavy atom. The van der Waals surface area contributed by atoms with Gasteiger partial charge in [-0.05, 0) is 17.5 Å². The molecule has 6 heteroatoms. The summed E-state index contributed by atoms with van der Waals surface area (Å²) in [5, 5.41) is 9.57. The second-order valence-corrected chi connectivity index (χ2v) is 5.49. The molecule has 0 aliphatic rings. The van der Waals surface area contributed by atoms with Gasteiger partial charge in [-0.25, -0.2) is 4.98 Å². The molecule has 0 amide bonds. The lowest BCUT2D eigenvalue weighted by atomic mass is 9.98. The number of alkyl halides is 3. The molecule has 0 saturated carbocycles. The molecule has 96 valence electrons. The summed E-state index contributed by atoms with van der Waals surface area (Å²) < 4.78 is 36.8. The highest BCUT2D eigenvalue weighted by molar-refractivity contribution is 7.99. The number of halogens is 3. The predicted octanol–water partition coefficient (Wildman–Crippen LogP) is 3.21. The first-order valence-electron chi connectivity index (χ1n) is 5.01. The summed E-state index contributed by atoms with van der Waals surface area (Å²) in [6.45, 7) is 3.79. The van der Waals surface area contributed by atoms with Crippen molar-refractivity contribution in [1.29, 1.82) is 0 Å². The maximum absolute atomic E-state index is 12.3. The molecule has 0 aliphatic carbocycles. The van der Waals surface area contributed by atoms with Crippen LogP contribution < -0.4 is 0 Å². The first-order chi connectivity index (χ1) is 7.74. The second kappa shape index (κ2) is 5.27. The molecule has 0 fully saturated rings. The van der Waals surface area contributed by atoms with Gasteiger partial charge in [-0.15, -0.1) is 11.8 Å². The molecule has 0 aliphatic heterocycles. The summed E-state index contributed by atoms with van der Waals surface area (Å²) in [4.78, 5) is 3.74. The second-order valence-electron chi connectivity index (χ2n) is 4.49. The van der Waals surface area contributed by atoms with E-state index in [4.69, 9.17) is 5.11 Å². The van der Waals surface area contributed by atoms with Crippen molar-refractivity contribution in [2.45, 2.75) is 25.0 Å². The molecule has 1 rings (SSSR count). The highest BCUT2D eigenvalue weighted by Crippen LogP contribution is 2.31. The minimum atomic E-state index is -4.35. The summed E-state index contributed by atoms with van der Waals surface area (Å²) >= 11 is 1.33. The van der Waals surface area contributed by atoms with Crippen LogP contribution in [0.5, 0.6) is 0 Å². The average Bonchev–Trinajstić information content (AvgIpc) is 2.26. The van der Waals surface area contributed by atoms with E-state index in [1.165, 1.54) is 17.8 Å². The third-order valence-corrected chi connectivity index (χ3v) is 3.57. The molecule has 1 aromatic heterocycles. The smallest absolute Gasteiger partial charge is 0.396 e. The Kier molecular flexibility index (Phi) is 4.43. The molecule has 1 N–H and O–H groups in total. The van der Waals surface area contributed by atoms with Gasteiger partial charge < -0.3 is 5.11 Å². The van der Waals surface area contributed by atoms with E-state index in [9.17, 15) is 13.2 Å². The summed E-state index contributed by atoms with van der Waals surface area (Å²) in [5.41, 5.74) is -1.02. The van der Waals surface area contributed by atoms with Crippen molar-refractivity contribution < 1.29 is 18.3 Å². The molecule has 0 spiro atoms. The van der Waals surface area contributed by atoms with Gasteiger partial charge in [-0.2, -0.15) is 13.2 Å². The molecule has 1 aromatic rings. The van der Waals surface area contributed by atoms with Crippen molar-refractivity contribution >= 4 is 11.8 Å². The van der Waals surface area contributed by atoms with Crippen molar-refractivity contribution in [1.82, 2.24) is 4.98 Å². The van der Waals surface area contributed by atoms with Crippen LogP contribution in [-0.4, -0.2) is 22.5 Å². The van der Waals surface area contributed by atoms with Crippen LogP contribution in [0.2, 0.25) is 0 Å². The van der Waals surface area contributed by atoms with E-state index in [1.807, 2.05) is 13.8 Å². The number of nitrogens with zero attached hydrogens (tertiary/aromatic N) is 1. The van der Waals surface area contributed by atoms with Gasteiger partial charge in [-0.3, -0.25) is 0 Å². The summed E-state index contributed by atoms with van der Waals surface area (Å²) in [7, 11) is 0. The van der Waals surface area contributed by atoms with Crippen molar-refractivity contribution in [3.63, 3.8) is 0 Å². The van der Waals surface area contributed by atoms with Crippen molar-refractivity contribution in [3.8, 4) is 0 Å². The summed E-state index contributed by atoms with van der Waals surface area (Å²) in [5.74, 6) is 0.599. The maximum atomic E-state index is 12.3. The van der Waals surface area contributed by atoms with Gasteiger partial charge in [0.25, 0.3) is 0 Å². The van der Waals surface area contributed by atoms with Gasteiger partial charge in [0.1, 0.15) is 0 Å². The minimum Gasteiger partial charge on any atom is -0.396 e. The van der Waals surface area contributed by atoms with Crippen molar-refractivity contribution in [2.24, 2.45) is 5.41 Å². The van der Waals surface area contributed by atoms with E-state index in [0.29, 0.717) is 10.8 Å². The molecule has 0 radical (unpaired) electrons. The largest absolute Gasteiger partial charge is 0.417 e. The molecular formula is C11H14F3NOS. The summed E-state index contributed by atoms with van der Waals surface area (Å²) in [6, 6.07) is 2.36. The van der Waals surface area contributed by atoms with Crippen LogP contribution in [0.4, 0.5) is 13.2 Å². The fourth-order valence-corrected chi connectivity index (χ4v) is 1.87. The highest BCUT2D eigenvalue weighted by atomic mass is 32.2. The average molecular weight is 265 g/mol. The Morgan fingerprint density at radius 2 is 1.94 bits per heavy atom. The third kappa shape index (κ3) is 4.55. The van der Waals surface area contributed by atoms with Crippen LogP contribution >= 0.6 is 11.8 Å². The van der Waals surface area contributed by atoms with E-state index in [2.05, 4.69) is 4.98 Å². The van der Waals surface area contributed by atoms with Gasteiger partial charge in [0.2, 0.25) is 0 Å². The van der Waals surface area contributed by atoms with Crippen LogP contribution in [0.15, 0.2) is 23.4 Å². The fourth-order valence-electron chi connectivity index (χ4n) is 0.948. The number of thioether (sulfide) groups is 1. The van der Waals surface area contributed by atoms with Gasteiger partial charge >= 0.3 is 6.18 Å². The monoisotopic (exact) mass is 265 g/mol. The van der Waals surface area contributed by atoms with E-state index in [-0.39, 0.29) is 12.0 Å². The first-order valence-corrected chi connectivity index (χ1v) is 6.00. The zero-order valence-electron chi connectivity index (χ0n) is 9.58. The standard InChI is InChI=1S/C11H14F3NOS/c1-10(2,6-16)7-17-9-4-3-8(5-15-9)11(12,13)14/h3-5,16H,6-7H2,1-2H3. The van der Waals surface area contributed by atoms with E-state index in [0.717, 1.165) is 12.3 Å². The zero-order valence-corrected chi connectivity index (χ0v) is 10.4. The third-order valence-electron chi connectivity index (χ3n) is 2.10. The molecule has 0 saturated heterocycles. The zero-order chi connectivity index (χ0) is 13.1. The number of aliphatic hydroxyl groups excluding tert-OH is 1. The van der Waals surface area contributed by atoms with E-state index in [1.54, 1.807) is 0 Å². The highest BCUT2D eigenvalue weighted by Gasteiger charge is 2.30. The van der Waals surface area contributed by atoms with Gasteiger partial charge in [0.05, 0.1) is 10.6 Å². The lowest BCUT2D eigenvalue weighted by molar-refractivity contribution is -0.137. The molecule has 0 bridgehead atoms. The van der Waals surface area contributed by atoms with Crippen LogP contribution in [0.3, 0.4) is 0 Å². The molecule has 0 aromatic carbocycles. The SMILES string of the molecule is CC(C)(CO)CSc1ccc(C(F)(F)F)cn1. The number of hydrogen-bond donors (Lipinski definition) is 1. The fraction of sp³-hybridized carbons (Fsp3) is 0.545. The van der Waals surface area contributed by atoms with Crippen LogP contribution in [0.25, 0.3) is 0 Å². The molecule has 0 unspecified atom stereocenters.